The number of fused-ring (bicyclic) bond motifs is 3. The van der Waals surface area contributed by atoms with Gasteiger partial charge in [0.2, 0.25) is 6.29 Å². The zero-order chi connectivity index (χ0) is 20.7. The van der Waals surface area contributed by atoms with Gasteiger partial charge in [-0.05, 0) is 50.3 Å². The molecule has 29 heavy (non-hydrogen) atoms. The molecule has 0 radical (unpaired) electrons. The quantitative estimate of drug-likeness (QED) is 0.430. The number of ether oxygens (including phenoxy) is 2. The van der Waals surface area contributed by atoms with Crippen LogP contribution in [0.5, 0.6) is 5.75 Å². The van der Waals surface area contributed by atoms with Crippen molar-refractivity contribution in [3.8, 4) is 5.75 Å². The zero-order valence-corrected chi connectivity index (χ0v) is 16.2. The van der Waals surface area contributed by atoms with Gasteiger partial charge in [-0.25, -0.2) is 4.79 Å². The van der Waals surface area contributed by atoms with E-state index in [-0.39, 0.29) is 5.63 Å². The molecule has 1 aromatic carbocycles. The molecule has 4 rings (SSSR count). The van der Waals surface area contributed by atoms with Gasteiger partial charge in [0.15, 0.2) is 0 Å². The largest absolute Gasteiger partial charge is 0.462 e. The Kier molecular flexibility index (Phi) is 5.63. The lowest BCUT2D eigenvalue weighted by molar-refractivity contribution is -0.277. The van der Waals surface area contributed by atoms with Gasteiger partial charge in [-0.3, -0.25) is 0 Å². The van der Waals surface area contributed by atoms with Crippen LogP contribution in [-0.2, 0) is 17.6 Å². The van der Waals surface area contributed by atoms with Crippen LogP contribution in [0.15, 0.2) is 21.3 Å². The summed E-state index contributed by atoms with van der Waals surface area (Å²) in [6.45, 7) is 1.20. The van der Waals surface area contributed by atoms with E-state index >= 15 is 0 Å². The number of hydrogen-bond donors (Lipinski definition) is 4. The van der Waals surface area contributed by atoms with Crippen molar-refractivity contribution >= 4 is 11.0 Å². The van der Waals surface area contributed by atoms with E-state index in [0.29, 0.717) is 16.9 Å². The average molecular weight is 406 g/mol. The van der Waals surface area contributed by atoms with Crippen LogP contribution < -0.4 is 10.4 Å². The molecule has 0 bridgehead atoms. The van der Waals surface area contributed by atoms with E-state index in [2.05, 4.69) is 0 Å². The Balaban J connectivity index is 1.70. The first-order chi connectivity index (χ1) is 13.9. The lowest BCUT2D eigenvalue weighted by Crippen LogP contribution is -2.60. The minimum absolute atomic E-state index is 0.318. The third-order valence-corrected chi connectivity index (χ3v) is 5.93. The monoisotopic (exact) mass is 406 g/mol. The van der Waals surface area contributed by atoms with Crippen LogP contribution in [0.1, 0.15) is 36.0 Å². The summed E-state index contributed by atoms with van der Waals surface area (Å²) in [7, 11) is 0. The van der Waals surface area contributed by atoms with Crippen molar-refractivity contribution in [1.29, 1.82) is 0 Å². The Morgan fingerprint density at radius 1 is 1.03 bits per heavy atom. The van der Waals surface area contributed by atoms with Crippen molar-refractivity contribution in [1.82, 2.24) is 0 Å². The van der Waals surface area contributed by atoms with Gasteiger partial charge in [0, 0.05) is 16.5 Å². The first-order valence-electron chi connectivity index (χ1n) is 9.97. The van der Waals surface area contributed by atoms with Gasteiger partial charge in [-0.1, -0.05) is 6.42 Å². The second kappa shape index (κ2) is 8.04. The predicted molar refractivity (Wildman–Crippen MR) is 103 cm³/mol. The van der Waals surface area contributed by atoms with E-state index in [1.54, 1.807) is 13.0 Å². The molecule has 8 heteroatoms. The van der Waals surface area contributed by atoms with Crippen molar-refractivity contribution in [2.24, 2.45) is 0 Å². The molecule has 2 heterocycles. The third-order valence-electron chi connectivity index (χ3n) is 5.93. The molecule has 1 aliphatic heterocycles. The molecule has 0 saturated carbocycles. The summed E-state index contributed by atoms with van der Waals surface area (Å²) >= 11 is 0. The topological polar surface area (TPSA) is 130 Å². The minimum atomic E-state index is -1.53. The first kappa shape index (κ1) is 20.3. The van der Waals surface area contributed by atoms with Crippen molar-refractivity contribution < 1.29 is 34.3 Å². The highest BCUT2D eigenvalue weighted by Crippen LogP contribution is 2.34. The summed E-state index contributed by atoms with van der Waals surface area (Å²) in [5.41, 5.74) is 2.44. The van der Waals surface area contributed by atoms with E-state index in [1.807, 2.05) is 6.07 Å². The molecule has 4 N–H and O–H groups in total. The molecule has 2 aliphatic rings. The van der Waals surface area contributed by atoms with Gasteiger partial charge in [-0.15, -0.1) is 0 Å². The van der Waals surface area contributed by atoms with Gasteiger partial charge >= 0.3 is 5.63 Å². The van der Waals surface area contributed by atoms with Crippen molar-refractivity contribution in [2.45, 2.75) is 69.7 Å². The summed E-state index contributed by atoms with van der Waals surface area (Å²) in [6.07, 6.45) is -2.24. The van der Waals surface area contributed by atoms with Crippen LogP contribution in [0.2, 0.25) is 0 Å². The minimum Gasteiger partial charge on any atom is -0.462 e. The van der Waals surface area contributed by atoms with Crippen molar-refractivity contribution in [3.63, 3.8) is 0 Å². The van der Waals surface area contributed by atoms with Crippen molar-refractivity contribution in [2.75, 3.05) is 6.61 Å². The lowest BCUT2D eigenvalue weighted by Gasteiger charge is -2.39. The van der Waals surface area contributed by atoms with Crippen LogP contribution in [0.25, 0.3) is 11.0 Å². The average Bonchev–Trinajstić information content (AvgIpc) is 2.97. The Morgan fingerprint density at radius 2 is 1.76 bits per heavy atom. The summed E-state index contributed by atoms with van der Waals surface area (Å²) in [5.74, 6) is 0.318. The normalized spacial score (nSPS) is 30.0. The first-order valence-corrected chi connectivity index (χ1v) is 9.97. The Morgan fingerprint density at radius 3 is 2.48 bits per heavy atom. The number of aliphatic hydroxyl groups is 4. The lowest BCUT2D eigenvalue weighted by atomic mass is 9.98. The molecule has 5 unspecified atom stereocenters. The number of rotatable bonds is 3. The van der Waals surface area contributed by atoms with Gasteiger partial charge in [0.05, 0.1) is 6.61 Å². The van der Waals surface area contributed by atoms with E-state index in [0.717, 1.165) is 48.6 Å². The predicted octanol–water partition coefficient (Wildman–Crippen LogP) is 0.549. The number of aliphatic hydroxyl groups excluding tert-OH is 4. The molecule has 158 valence electrons. The maximum absolute atomic E-state index is 12.5. The number of hydrogen-bond acceptors (Lipinski definition) is 8. The molecule has 0 amide bonds. The van der Waals surface area contributed by atoms with Crippen molar-refractivity contribution in [3.05, 3.63) is 39.2 Å². The van der Waals surface area contributed by atoms with Gasteiger partial charge in [-0.2, -0.15) is 0 Å². The Bertz CT molecular complexity index is 950. The van der Waals surface area contributed by atoms with E-state index in [1.165, 1.54) is 0 Å². The fraction of sp³-hybridized carbons (Fsp3) is 0.571. The molecule has 1 aromatic heterocycles. The van der Waals surface area contributed by atoms with Crippen LogP contribution in [-0.4, -0.2) is 57.7 Å². The molecular formula is C21H26O8. The standard InChI is InChI=1S/C21H26O8/c1-10-14(27-21-18(25)17(24)16(23)15(9-22)28-21)8-7-12-11-5-3-2-4-6-13(11)20(26)29-19(10)12/h7-8,15-18,21-25H,2-6,9H2,1H3. The highest BCUT2D eigenvalue weighted by atomic mass is 16.7. The van der Waals surface area contributed by atoms with Crippen LogP contribution in [0, 0.1) is 6.92 Å². The molecular weight excluding hydrogens is 380 g/mol. The van der Waals surface area contributed by atoms with Crippen LogP contribution >= 0.6 is 0 Å². The molecule has 1 saturated heterocycles. The molecule has 5 atom stereocenters. The summed E-state index contributed by atoms with van der Waals surface area (Å²) < 4.78 is 16.8. The fourth-order valence-electron chi connectivity index (χ4n) is 4.22. The van der Waals surface area contributed by atoms with Crippen LogP contribution in [0.3, 0.4) is 0 Å². The van der Waals surface area contributed by atoms with Gasteiger partial charge < -0.3 is 34.3 Å². The third kappa shape index (κ3) is 3.55. The molecule has 1 fully saturated rings. The van der Waals surface area contributed by atoms with E-state index < -0.39 is 37.3 Å². The summed E-state index contributed by atoms with van der Waals surface area (Å²) in [5, 5.41) is 40.3. The molecule has 1 aliphatic carbocycles. The summed E-state index contributed by atoms with van der Waals surface area (Å²) in [6, 6.07) is 3.54. The summed E-state index contributed by atoms with van der Waals surface area (Å²) in [4.78, 5) is 12.5. The highest BCUT2D eigenvalue weighted by Gasteiger charge is 2.44. The second-order valence-electron chi connectivity index (χ2n) is 7.79. The smallest absolute Gasteiger partial charge is 0.339 e. The van der Waals surface area contributed by atoms with Gasteiger partial charge in [0.25, 0.3) is 0 Å². The number of aryl methyl sites for hydroxylation is 2. The molecule has 0 spiro atoms. The zero-order valence-electron chi connectivity index (χ0n) is 16.2. The Labute approximate surface area is 167 Å². The van der Waals surface area contributed by atoms with Gasteiger partial charge in [0.1, 0.15) is 35.7 Å². The highest BCUT2D eigenvalue weighted by molar-refractivity contribution is 5.86. The molecule has 8 nitrogen and oxygen atoms in total. The maximum Gasteiger partial charge on any atom is 0.339 e. The maximum atomic E-state index is 12.5. The fourth-order valence-corrected chi connectivity index (χ4v) is 4.22. The van der Waals surface area contributed by atoms with E-state index in [4.69, 9.17) is 13.9 Å². The SMILES string of the molecule is Cc1c(OC2OC(CO)C(O)C(O)C2O)ccc2c3c(c(=O)oc12)CCCCC3. The number of benzene rings is 1. The second-order valence-corrected chi connectivity index (χ2v) is 7.79. The molecule has 2 aromatic rings. The Hall–Kier alpha value is -1.97. The van der Waals surface area contributed by atoms with Crippen LogP contribution in [0.4, 0.5) is 0 Å². The van der Waals surface area contributed by atoms with E-state index in [9.17, 15) is 25.2 Å².